The summed E-state index contributed by atoms with van der Waals surface area (Å²) in [6.45, 7) is 1.75. The van der Waals surface area contributed by atoms with E-state index in [1.807, 2.05) is 0 Å². The summed E-state index contributed by atoms with van der Waals surface area (Å²) in [5.41, 5.74) is 1.41. The Morgan fingerprint density at radius 3 is 2.59 bits per heavy atom. The standard InChI is InChI=1S/C24H20FNO6/c1-15(23(27)26-18-10-11-21-22(12-18)31-14-30-21)32-24(28)19-4-2-3-5-20(19)29-13-16-6-8-17(25)9-7-16/h2-12,15H,13-14H2,1H3,(H,26,27)/t15-/m1/s1. The summed E-state index contributed by atoms with van der Waals surface area (Å²) in [5, 5.41) is 2.68. The number of benzene rings is 3. The van der Waals surface area contributed by atoms with Crippen molar-refractivity contribution in [2.75, 3.05) is 12.1 Å². The molecule has 1 amide bonds. The van der Waals surface area contributed by atoms with Gasteiger partial charge in [-0.3, -0.25) is 4.79 Å². The first-order valence-corrected chi connectivity index (χ1v) is 9.87. The van der Waals surface area contributed by atoms with Gasteiger partial charge in [0.2, 0.25) is 6.79 Å². The predicted octanol–water partition coefficient (Wildman–Crippen LogP) is 4.32. The van der Waals surface area contributed by atoms with Crippen molar-refractivity contribution < 1.29 is 32.9 Å². The fraction of sp³-hybridized carbons (Fsp3) is 0.167. The number of halogens is 1. The number of hydrogen-bond acceptors (Lipinski definition) is 6. The van der Waals surface area contributed by atoms with E-state index in [1.54, 1.807) is 54.6 Å². The lowest BCUT2D eigenvalue weighted by Gasteiger charge is -2.15. The van der Waals surface area contributed by atoms with Crippen LogP contribution in [0.5, 0.6) is 17.2 Å². The van der Waals surface area contributed by atoms with Gasteiger partial charge in [0.25, 0.3) is 5.91 Å². The Hall–Kier alpha value is -4.07. The second-order valence-electron chi connectivity index (χ2n) is 7.02. The van der Waals surface area contributed by atoms with Crippen molar-refractivity contribution in [3.05, 3.63) is 83.7 Å². The van der Waals surface area contributed by atoms with Crippen molar-refractivity contribution in [1.82, 2.24) is 0 Å². The molecule has 0 fully saturated rings. The van der Waals surface area contributed by atoms with Crippen LogP contribution in [-0.4, -0.2) is 24.8 Å². The summed E-state index contributed by atoms with van der Waals surface area (Å²) in [6.07, 6.45) is -1.06. The number of amides is 1. The molecule has 0 unspecified atom stereocenters. The summed E-state index contributed by atoms with van der Waals surface area (Å²) < 4.78 is 34.6. The number of nitrogens with one attached hydrogen (secondary N) is 1. The number of esters is 1. The molecular formula is C24H20FNO6. The Kier molecular flexibility index (Phi) is 6.21. The molecule has 0 radical (unpaired) electrons. The highest BCUT2D eigenvalue weighted by atomic mass is 19.1. The third-order valence-electron chi connectivity index (χ3n) is 4.71. The first-order chi connectivity index (χ1) is 15.5. The molecule has 1 aliphatic rings. The number of fused-ring (bicyclic) bond motifs is 1. The van der Waals surface area contributed by atoms with E-state index < -0.39 is 18.0 Å². The summed E-state index contributed by atoms with van der Waals surface area (Å²) in [6, 6.07) is 17.4. The Bertz CT molecular complexity index is 1130. The number of anilines is 1. The summed E-state index contributed by atoms with van der Waals surface area (Å²) in [4.78, 5) is 25.2. The summed E-state index contributed by atoms with van der Waals surface area (Å²) >= 11 is 0. The minimum atomic E-state index is -1.06. The van der Waals surface area contributed by atoms with E-state index >= 15 is 0 Å². The summed E-state index contributed by atoms with van der Waals surface area (Å²) in [5.74, 6) is -0.120. The summed E-state index contributed by atoms with van der Waals surface area (Å²) in [7, 11) is 0. The second-order valence-corrected chi connectivity index (χ2v) is 7.02. The van der Waals surface area contributed by atoms with Gasteiger partial charge in [-0.05, 0) is 48.9 Å². The Morgan fingerprint density at radius 2 is 1.78 bits per heavy atom. The fourth-order valence-electron chi connectivity index (χ4n) is 3.00. The Morgan fingerprint density at radius 1 is 1.03 bits per heavy atom. The van der Waals surface area contributed by atoms with Gasteiger partial charge in [-0.25, -0.2) is 9.18 Å². The van der Waals surface area contributed by atoms with Gasteiger partial charge >= 0.3 is 5.97 Å². The lowest BCUT2D eigenvalue weighted by molar-refractivity contribution is -0.123. The van der Waals surface area contributed by atoms with Crippen LogP contribution < -0.4 is 19.5 Å². The molecule has 7 nitrogen and oxygen atoms in total. The zero-order chi connectivity index (χ0) is 22.5. The molecule has 164 valence electrons. The Balaban J connectivity index is 1.37. The zero-order valence-corrected chi connectivity index (χ0v) is 17.2. The largest absolute Gasteiger partial charge is 0.488 e. The fourth-order valence-corrected chi connectivity index (χ4v) is 3.00. The molecule has 0 spiro atoms. The van der Waals surface area contributed by atoms with Gasteiger partial charge in [-0.2, -0.15) is 0 Å². The number of carbonyl (C=O) groups is 2. The molecule has 1 atom stereocenters. The predicted molar refractivity (Wildman–Crippen MR) is 113 cm³/mol. The minimum Gasteiger partial charge on any atom is -0.488 e. The van der Waals surface area contributed by atoms with Gasteiger partial charge in [0.1, 0.15) is 23.7 Å². The molecule has 0 aromatic heterocycles. The van der Waals surface area contributed by atoms with Crippen molar-refractivity contribution in [2.24, 2.45) is 0 Å². The average Bonchev–Trinajstić information content (AvgIpc) is 3.26. The van der Waals surface area contributed by atoms with E-state index in [0.717, 1.165) is 5.56 Å². The lowest BCUT2D eigenvalue weighted by atomic mass is 10.2. The SMILES string of the molecule is C[C@@H](OC(=O)c1ccccc1OCc1ccc(F)cc1)C(=O)Nc1ccc2c(c1)OCO2. The molecule has 32 heavy (non-hydrogen) atoms. The maximum Gasteiger partial charge on any atom is 0.342 e. The van der Waals surface area contributed by atoms with Crippen LogP contribution in [0.3, 0.4) is 0 Å². The van der Waals surface area contributed by atoms with Crippen LogP contribution in [0.2, 0.25) is 0 Å². The Labute approximate surface area is 183 Å². The highest BCUT2D eigenvalue weighted by Gasteiger charge is 2.22. The quantitative estimate of drug-likeness (QED) is 0.555. The van der Waals surface area contributed by atoms with Crippen molar-refractivity contribution in [1.29, 1.82) is 0 Å². The molecule has 4 rings (SSSR count). The number of hydrogen-bond donors (Lipinski definition) is 1. The molecule has 0 bridgehead atoms. The lowest BCUT2D eigenvalue weighted by Crippen LogP contribution is -2.30. The molecule has 3 aromatic rings. The molecule has 3 aromatic carbocycles. The van der Waals surface area contributed by atoms with E-state index in [-0.39, 0.29) is 24.8 Å². The third kappa shape index (κ3) is 4.97. The molecule has 8 heteroatoms. The second kappa shape index (κ2) is 9.38. The minimum absolute atomic E-state index is 0.128. The normalized spacial score (nSPS) is 12.7. The van der Waals surface area contributed by atoms with Crippen LogP contribution in [0.4, 0.5) is 10.1 Å². The van der Waals surface area contributed by atoms with Gasteiger partial charge in [0.15, 0.2) is 17.6 Å². The van der Waals surface area contributed by atoms with Gasteiger partial charge in [-0.15, -0.1) is 0 Å². The smallest absolute Gasteiger partial charge is 0.342 e. The van der Waals surface area contributed by atoms with Crippen molar-refractivity contribution >= 4 is 17.6 Å². The maximum absolute atomic E-state index is 13.1. The molecule has 1 heterocycles. The molecular weight excluding hydrogens is 417 g/mol. The van der Waals surface area contributed by atoms with Gasteiger partial charge in [0, 0.05) is 11.8 Å². The zero-order valence-electron chi connectivity index (χ0n) is 17.2. The van der Waals surface area contributed by atoms with E-state index in [0.29, 0.717) is 22.9 Å². The first kappa shape index (κ1) is 21.2. The van der Waals surface area contributed by atoms with Crippen LogP contribution in [0.1, 0.15) is 22.8 Å². The van der Waals surface area contributed by atoms with Crippen LogP contribution in [0.25, 0.3) is 0 Å². The van der Waals surface area contributed by atoms with E-state index in [9.17, 15) is 14.0 Å². The van der Waals surface area contributed by atoms with Crippen LogP contribution in [-0.2, 0) is 16.1 Å². The van der Waals surface area contributed by atoms with Gasteiger partial charge in [-0.1, -0.05) is 24.3 Å². The van der Waals surface area contributed by atoms with E-state index in [4.69, 9.17) is 18.9 Å². The van der Waals surface area contributed by atoms with Crippen LogP contribution >= 0.6 is 0 Å². The molecule has 0 saturated heterocycles. The molecule has 0 aliphatic carbocycles. The molecule has 1 N–H and O–H groups in total. The van der Waals surface area contributed by atoms with Crippen molar-refractivity contribution in [3.63, 3.8) is 0 Å². The maximum atomic E-state index is 13.1. The molecule has 1 aliphatic heterocycles. The number of ether oxygens (including phenoxy) is 4. The van der Waals surface area contributed by atoms with Crippen molar-refractivity contribution in [2.45, 2.75) is 19.6 Å². The number of para-hydroxylation sites is 1. The topological polar surface area (TPSA) is 83.1 Å². The third-order valence-corrected chi connectivity index (χ3v) is 4.71. The van der Waals surface area contributed by atoms with Crippen LogP contribution in [0.15, 0.2) is 66.7 Å². The van der Waals surface area contributed by atoms with Gasteiger partial charge < -0.3 is 24.3 Å². The first-order valence-electron chi connectivity index (χ1n) is 9.87. The number of rotatable bonds is 7. The average molecular weight is 437 g/mol. The van der Waals surface area contributed by atoms with Crippen molar-refractivity contribution in [3.8, 4) is 17.2 Å². The van der Waals surface area contributed by atoms with Gasteiger partial charge in [0.05, 0.1) is 0 Å². The van der Waals surface area contributed by atoms with E-state index in [1.165, 1.54) is 19.1 Å². The molecule has 0 saturated carbocycles. The highest BCUT2D eigenvalue weighted by Crippen LogP contribution is 2.34. The van der Waals surface area contributed by atoms with E-state index in [2.05, 4.69) is 5.32 Å². The number of carbonyl (C=O) groups excluding carboxylic acids is 2. The highest BCUT2D eigenvalue weighted by molar-refractivity contribution is 5.98. The van der Waals surface area contributed by atoms with Crippen LogP contribution in [0, 0.1) is 5.82 Å². The monoisotopic (exact) mass is 437 g/mol.